The Morgan fingerprint density at radius 2 is 1.73 bits per heavy atom. The highest BCUT2D eigenvalue weighted by molar-refractivity contribution is 5.47. The van der Waals surface area contributed by atoms with E-state index in [1.165, 1.54) is 16.7 Å². The Labute approximate surface area is 154 Å². The van der Waals surface area contributed by atoms with Crippen LogP contribution in [-0.2, 0) is 13.0 Å². The summed E-state index contributed by atoms with van der Waals surface area (Å²) in [5.74, 6) is 2.51. The molecular weight excluding hydrogens is 324 g/mol. The maximum Gasteiger partial charge on any atom is 0.131 e. The fraction of sp³-hybridized carbons (Fsp3) is 0.238. The van der Waals surface area contributed by atoms with Crippen LogP contribution in [0.15, 0.2) is 60.9 Å². The van der Waals surface area contributed by atoms with Gasteiger partial charge < -0.3 is 15.4 Å². The number of ether oxygens (including phenoxy) is 1. The van der Waals surface area contributed by atoms with E-state index in [4.69, 9.17) is 4.74 Å². The molecule has 1 aromatic heterocycles. The molecule has 2 N–H and O–H groups in total. The van der Waals surface area contributed by atoms with E-state index >= 15 is 0 Å². The highest BCUT2D eigenvalue weighted by Crippen LogP contribution is 2.15. The predicted octanol–water partition coefficient (Wildman–Crippen LogP) is 4.06. The molecule has 5 heteroatoms. The lowest BCUT2D eigenvalue weighted by atomic mass is 10.1. The second kappa shape index (κ2) is 8.85. The van der Waals surface area contributed by atoms with Crippen LogP contribution in [0.4, 0.5) is 11.6 Å². The topological polar surface area (TPSA) is 59.1 Å². The van der Waals surface area contributed by atoms with E-state index < -0.39 is 0 Å². The molecule has 0 aliphatic heterocycles. The van der Waals surface area contributed by atoms with Gasteiger partial charge in [0.2, 0.25) is 0 Å². The summed E-state index contributed by atoms with van der Waals surface area (Å²) in [5.41, 5.74) is 3.76. The van der Waals surface area contributed by atoms with Crippen LogP contribution in [0.3, 0.4) is 0 Å². The van der Waals surface area contributed by atoms with Crippen molar-refractivity contribution in [3.63, 3.8) is 0 Å². The van der Waals surface area contributed by atoms with Gasteiger partial charge in [0.1, 0.15) is 23.7 Å². The highest BCUT2D eigenvalue weighted by Gasteiger charge is 2.01. The number of rotatable bonds is 8. The average Bonchev–Trinajstić information content (AvgIpc) is 2.68. The fourth-order valence-electron chi connectivity index (χ4n) is 2.71. The van der Waals surface area contributed by atoms with Crippen molar-refractivity contribution in [2.24, 2.45) is 0 Å². The van der Waals surface area contributed by atoms with Gasteiger partial charge in [-0.25, -0.2) is 9.97 Å². The molecule has 134 valence electrons. The zero-order valence-electron chi connectivity index (χ0n) is 15.2. The molecule has 0 saturated heterocycles. The molecule has 0 fully saturated rings. The molecule has 3 rings (SSSR count). The first-order valence-corrected chi connectivity index (χ1v) is 8.72. The maximum absolute atomic E-state index is 5.26. The maximum atomic E-state index is 5.26. The number of nitrogens with zero attached hydrogens (tertiary/aromatic N) is 2. The summed E-state index contributed by atoms with van der Waals surface area (Å²) < 4.78 is 5.26. The Kier molecular flexibility index (Phi) is 6.04. The predicted molar refractivity (Wildman–Crippen MR) is 106 cm³/mol. The van der Waals surface area contributed by atoms with Gasteiger partial charge in [-0.05, 0) is 42.2 Å². The van der Waals surface area contributed by atoms with Crippen LogP contribution in [-0.4, -0.2) is 23.6 Å². The zero-order valence-corrected chi connectivity index (χ0v) is 15.2. The van der Waals surface area contributed by atoms with Gasteiger partial charge in [0.15, 0.2) is 0 Å². The molecule has 3 aromatic rings. The van der Waals surface area contributed by atoms with Gasteiger partial charge in [-0.2, -0.15) is 0 Å². The molecule has 0 aliphatic carbocycles. The molecule has 1 heterocycles. The first-order chi connectivity index (χ1) is 12.7. The fourth-order valence-corrected chi connectivity index (χ4v) is 2.71. The van der Waals surface area contributed by atoms with E-state index in [1.54, 1.807) is 13.4 Å². The number of aromatic nitrogens is 2. The van der Waals surface area contributed by atoms with Gasteiger partial charge in [-0.3, -0.25) is 0 Å². The summed E-state index contributed by atoms with van der Waals surface area (Å²) in [5, 5.41) is 6.71. The van der Waals surface area contributed by atoms with Gasteiger partial charge in [0.05, 0.1) is 7.11 Å². The van der Waals surface area contributed by atoms with E-state index in [-0.39, 0.29) is 0 Å². The third-order valence-electron chi connectivity index (χ3n) is 4.24. The Morgan fingerprint density at radius 1 is 0.923 bits per heavy atom. The van der Waals surface area contributed by atoms with Crippen molar-refractivity contribution in [2.45, 2.75) is 19.9 Å². The lowest BCUT2D eigenvalue weighted by Crippen LogP contribution is -2.08. The number of aryl methyl sites for hydroxylation is 1. The molecule has 0 saturated carbocycles. The normalized spacial score (nSPS) is 10.4. The first kappa shape index (κ1) is 17.7. The van der Waals surface area contributed by atoms with Crippen molar-refractivity contribution < 1.29 is 4.74 Å². The van der Waals surface area contributed by atoms with E-state index in [0.29, 0.717) is 0 Å². The standard InChI is InChI=1S/C21H24N4O/c1-16-6-3-4-8-18(16)14-23-21-13-20(24-15-25-21)22-11-10-17-7-5-9-19(12-17)26-2/h3-9,12-13,15H,10-11,14H2,1-2H3,(H2,22,23,24,25). The number of hydrogen-bond donors (Lipinski definition) is 2. The average molecular weight is 348 g/mol. The molecular formula is C21H24N4O. The van der Waals surface area contributed by atoms with Crippen molar-refractivity contribution >= 4 is 11.6 Å². The number of hydrogen-bond acceptors (Lipinski definition) is 5. The first-order valence-electron chi connectivity index (χ1n) is 8.72. The van der Waals surface area contributed by atoms with Crippen molar-refractivity contribution in [3.05, 3.63) is 77.6 Å². The molecule has 0 bridgehead atoms. The van der Waals surface area contributed by atoms with E-state index in [1.807, 2.05) is 24.3 Å². The second-order valence-electron chi connectivity index (χ2n) is 6.10. The van der Waals surface area contributed by atoms with Gasteiger partial charge in [-0.15, -0.1) is 0 Å². The van der Waals surface area contributed by atoms with Crippen LogP contribution in [0.1, 0.15) is 16.7 Å². The Bertz CT molecular complexity index is 851. The quantitative estimate of drug-likeness (QED) is 0.643. The summed E-state index contributed by atoms with van der Waals surface area (Å²) in [6.45, 7) is 3.65. The largest absolute Gasteiger partial charge is 0.497 e. The summed E-state index contributed by atoms with van der Waals surface area (Å²) in [7, 11) is 1.68. The van der Waals surface area contributed by atoms with Crippen LogP contribution < -0.4 is 15.4 Å². The van der Waals surface area contributed by atoms with E-state index in [2.05, 4.69) is 57.9 Å². The SMILES string of the molecule is COc1cccc(CCNc2cc(NCc3ccccc3C)ncn2)c1. The third-order valence-corrected chi connectivity index (χ3v) is 4.24. The molecule has 0 atom stereocenters. The van der Waals surface area contributed by atoms with Crippen LogP contribution in [0, 0.1) is 6.92 Å². The molecule has 26 heavy (non-hydrogen) atoms. The summed E-state index contributed by atoms with van der Waals surface area (Å²) in [4.78, 5) is 8.58. The number of nitrogens with one attached hydrogen (secondary N) is 2. The Hall–Kier alpha value is -3.08. The van der Waals surface area contributed by atoms with Crippen LogP contribution >= 0.6 is 0 Å². The van der Waals surface area contributed by atoms with Crippen LogP contribution in [0.5, 0.6) is 5.75 Å². The Morgan fingerprint density at radius 3 is 2.54 bits per heavy atom. The van der Waals surface area contributed by atoms with Crippen molar-refractivity contribution in [2.75, 3.05) is 24.3 Å². The van der Waals surface area contributed by atoms with Crippen molar-refractivity contribution in [1.82, 2.24) is 9.97 Å². The smallest absolute Gasteiger partial charge is 0.131 e. The molecule has 0 aliphatic rings. The minimum Gasteiger partial charge on any atom is -0.497 e. The monoisotopic (exact) mass is 348 g/mol. The zero-order chi connectivity index (χ0) is 18.2. The van der Waals surface area contributed by atoms with Crippen LogP contribution in [0.25, 0.3) is 0 Å². The molecule has 0 unspecified atom stereocenters. The molecule has 0 amide bonds. The summed E-state index contributed by atoms with van der Waals surface area (Å²) in [6.07, 6.45) is 2.47. The summed E-state index contributed by atoms with van der Waals surface area (Å²) in [6, 6.07) is 18.4. The second-order valence-corrected chi connectivity index (χ2v) is 6.10. The minimum absolute atomic E-state index is 0.743. The van der Waals surface area contributed by atoms with Crippen molar-refractivity contribution in [3.8, 4) is 5.75 Å². The van der Waals surface area contributed by atoms with Gasteiger partial charge in [0.25, 0.3) is 0 Å². The van der Waals surface area contributed by atoms with E-state index in [9.17, 15) is 0 Å². The van der Waals surface area contributed by atoms with Crippen molar-refractivity contribution in [1.29, 1.82) is 0 Å². The molecule has 0 radical (unpaired) electrons. The van der Waals surface area contributed by atoms with Crippen LogP contribution in [0.2, 0.25) is 0 Å². The van der Waals surface area contributed by atoms with Gasteiger partial charge in [-0.1, -0.05) is 36.4 Å². The lowest BCUT2D eigenvalue weighted by molar-refractivity contribution is 0.414. The van der Waals surface area contributed by atoms with E-state index in [0.717, 1.165) is 36.9 Å². The third kappa shape index (κ3) is 4.96. The number of methoxy groups -OCH3 is 1. The lowest BCUT2D eigenvalue weighted by Gasteiger charge is -2.10. The highest BCUT2D eigenvalue weighted by atomic mass is 16.5. The van der Waals surface area contributed by atoms with Gasteiger partial charge in [0, 0.05) is 19.2 Å². The molecule has 0 spiro atoms. The molecule has 5 nitrogen and oxygen atoms in total. The summed E-state index contributed by atoms with van der Waals surface area (Å²) >= 11 is 0. The van der Waals surface area contributed by atoms with Gasteiger partial charge >= 0.3 is 0 Å². The Balaban J connectivity index is 1.53. The number of benzene rings is 2. The molecule has 2 aromatic carbocycles. The minimum atomic E-state index is 0.743. The number of anilines is 2.